The van der Waals surface area contributed by atoms with Crippen LogP contribution in [-0.2, 0) is 23.0 Å². The van der Waals surface area contributed by atoms with Gasteiger partial charge >= 0.3 is 0 Å². The lowest BCUT2D eigenvalue weighted by molar-refractivity contribution is 0.572. The molecule has 0 spiro atoms. The van der Waals surface area contributed by atoms with Gasteiger partial charge in [0, 0.05) is 11.4 Å². The molecule has 1 aromatic rings. The maximum Gasteiger partial charge on any atom is 0.228 e. The summed E-state index contributed by atoms with van der Waals surface area (Å²) in [6.45, 7) is 4.00. The summed E-state index contributed by atoms with van der Waals surface area (Å²) in [5.74, 6) is 0. The third-order valence-electron chi connectivity index (χ3n) is 2.54. The van der Waals surface area contributed by atoms with Crippen molar-refractivity contribution in [3.63, 3.8) is 0 Å². The number of hydrogen-bond donors (Lipinski definition) is 1. The Labute approximate surface area is 106 Å². The highest BCUT2D eigenvalue weighted by atomic mass is 32.2. The zero-order valence-corrected chi connectivity index (χ0v) is 11.6. The molecule has 0 saturated heterocycles. The van der Waals surface area contributed by atoms with Gasteiger partial charge in [0.2, 0.25) is 10.0 Å². The number of hydrogen-bond acceptors (Lipinski definition) is 4. The lowest BCUT2D eigenvalue weighted by Gasteiger charge is -2.09. The summed E-state index contributed by atoms with van der Waals surface area (Å²) >= 11 is 1.53. The van der Waals surface area contributed by atoms with Crippen molar-refractivity contribution in [2.45, 2.75) is 38.5 Å². The SMILES string of the molecule is CCc1ccsc1CNS(=O)(=O)C(C#N)CC. The molecule has 0 fully saturated rings. The van der Waals surface area contributed by atoms with Crippen LogP contribution in [0.1, 0.15) is 30.7 Å². The van der Waals surface area contributed by atoms with Crippen molar-refractivity contribution in [2.24, 2.45) is 0 Å². The maximum atomic E-state index is 11.8. The van der Waals surface area contributed by atoms with Crippen molar-refractivity contribution < 1.29 is 8.42 Å². The summed E-state index contributed by atoms with van der Waals surface area (Å²) in [5.41, 5.74) is 1.16. The van der Waals surface area contributed by atoms with Gasteiger partial charge < -0.3 is 0 Å². The normalized spacial score (nSPS) is 13.2. The van der Waals surface area contributed by atoms with Crippen molar-refractivity contribution in [3.8, 4) is 6.07 Å². The molecule has 0 aromatic carbocycles. The topological polar surface area (TPSA) is 70.0 Å². The van der Waals surface area contributed by atoms with E-state index in [0.29, 0.717) is 6.42 Å². The van der Waals surface area contributed by atoms with Gasteiger partial charge in [0.1, 0.15) is 0 Å². The molecule has 0 amide bonds. The largest absolute Gasteiger partial charge is 0.228 e. The third-order valence-corrected chi connectivity index (χ3v) is 5.24. The summed E-state index contributed by atoms with van der Waals surface area (Å²) < 4.78 is 26.0. The van der Waals surface area contributed by atoms with Crippen LogP contribution in [0.4, 0.5) is 0 Å². The number of rotatable bonds is 6. The molecule has 0 bridgehead atoms. The van der Waals surface area contributed by atoms with Crippen molar-refractivity contribution >= 4 is 21.4 Å². The van der Waals surface area contributed by atoms with Crippen LogP contribution in [0.3, 0.4) is 0 Å². The number of aryl methyl sites for hydroxylation is 1. The molecule has 1 heterocycles. The lowest BCUT2D eigenvalue weighted by atomic mass is 10.2. The predicted octanol–water partition coefficient (Wildman–Crippen LogP) is 2.03. The number of sulfonamides is 1. The van der Waals surface area contributed by atoms with E-state index in [1.165, 1.54) is 11.3 Å². The van der Waals surface area contributed by atoms with E-state index in [4.69, 9.17) is 5.26 Å². The Morgan fingerprint density at radius 2 is 2.24 bits per heavy atom. The van der Waals surface area contributed by atoms with Gasteiger partial charge in [-0.15, -0.1) is 11.3 Å². The Bertz CT molecular complexity index is 500. The third kappa shape index (κ3) is 3.53. The molecule has 0 aliphatic carbocycles. The van der Waals surface area contributed by atoms with Crippen LogP contribution in [0.25, 0.3) is 0 Å². The summed E-state index contributed by atoms with van der Waals surface area (Å²) in [6.07, 6.45) is 1.19. The van der Waals surface area contributed by atoms with Gasteiger partial charge in [0.15, 0.2) is 5.25 Å². The van der Waals surface area contributed by atoms with E-state index >= 15 is 0 Å². The van der Waals surface area contributed by atoms with Crippen LogP contribution in [0.5, 0.6) is 0 Å². The van der Waals surface area contributed by atoms with Crippen LogP contribution < -0.4 is 4.72 Å². The highest BCUT2D eigenvalue weighted by Crippen LogP contribution is 2.17. The first-order chi connectivity index (χ1) is 8.05. The maximum absolute atomic E-state index is 11.8. The Kier molecular flexibility index (Phi) is 5.12. The molecule has 0 saturated carbocycles. The van der Waals surface area contributed by atoms with Gasteiger partial charge in [0.05, 0.1) is 6.07 Å². The second-order valence-electron chi connectivity index (χ2n) is 3.61. The molecular formula is C11H16N2O2S2. The van der Waals surface area contributed by atoms with E-state index in [1.54, 1.807) is 13.0 Å². The number of thiophene rings is 1. The van der Waals surface area contributed by atoms with E-state index in [9.17, 15) is 8.42 Å². The van der Waals surface area contributed by atoms with E-state index in [0.717, 1.165) is 16.9 Å². The van der Waals surface area contributed by atoms with Gasteiger partial charge in [-0.25, -0.2) is 13.1 Å². The molecule has 1 N–H and O–H groups in total. The molecule has 1 atom stereocenters. The first-order valence-electron chi connectivity index (χ1n) is 5.48. The van der Waals surface area contributed by atoms with Gasteiger partial charge in [0.25, 0.3) is 0 Å². The van der Waals surface area contributed by atoms with E-state index in [2.05, 4.69) is 4.72 Å². The lowest BCUT2D eigenvalue weighted by Crippen LogP contribution is -2.32. The van der Waals surface area contributed by atoms with E-state index in [-0.39, 0.29) is 6.54 Å². The Morgan fingerprint density at radius 3 is 2.76 bits per heavy atom. The first-order valence-corrected chi connectivity index (χ1v) is 7.91. The Hall–Kier alpha value is -0.900. The Morgan fingerprint density at radius 1 is 1.53 bits per heavy atom. The molecule has 1 rings (SSSR count). The van der Waals surface area contributed by atoms with Crippen molar-refractivity contribution in [2.75, 3.05) is 0 Å². The van der Waals surface area contributed by atoms with Crippen molar-refractivity contribution in [1.29, 1.82) is 5.26 Å². The molecule has 0 aliphatic rings. The number of nitriles is 1. The fourth-order valence-corrected chi connectivity index (χ4v) is 3.62. The van der Waals surface area contributed by atoms with Crippen LogP contribution in [-0.4, -0.2) is 13.7 Å². The average Bonchev–Trinajstić information content (AvgIpc) is 2.75. The number of nitrogens with zero attached hydrogens (tertiary/aromatic N) is 1. The van der Waals surface area contributed by atoms with Gasteiger partial charge in [-0.2, -0.15) is 5.26 Å². The Balaban J connectivity index is 2.71. The molecule has 6 heteroatoms. The molecule has 0 aliphatic heterocycles. The zero-order chi connectivity index (χ0) is 12.9. The van der Waals surface area contributed by atoms with Crippen LogP contribution in [0.15, 0.2) is 11.4 Å². The minimum atomic E-state index is -3.53. The fourth-order valence-electron chi connectivity index (χ4n) is 1.48. The minimum Gasteiger partial charge on any atom is -0.211 e. The second-order valence-corrected chi connectivity index (χ2v) is 6.56. The molecule has 1 aromatic heterocycles. The van der Waals surface area contributed by atoms with Crippen LogP contribution >= 0.6 is 11.3 Å². The van der Waals surface area contributed by atoms with Gasteiger partial charge in [-0.3, -0.25) is 0 Å². The molecule has 94 valence electrons. The number of nitrogens with one attached hydrogen (secondary N) is 1. The summed E-state index contributed by atoms with van der Waals surface area (Å²) in [5, 5.41) is 9.74. The molecule has 17 heavy (non-hydrogen) atoms. The molecule has 4 nitrogen and oxygen atoms in total. The van der Waals surface area contributed by atoms with Crippen LogP contribution in [0.2, 0.25) is 0 Å². The quantitative estimate of drug-likeness (QED) is 0.861. The van der Waals surface area contributed by atoms with Crippen molar-refractivity contribution in [1.82, 2.24) is 4.72 Å². The fraction of sp³-hybridized carbons (Fsp3) is 0.545. The highest BCUT2D eigenvalue weighted by Gasteiger charge is 2.23. The van der Waals surface area contributed by atoms with Gasteiger partial charge in [-0.05, 0) is 29.9 Å². The molecule has 1 unspecified atom stereocenters. The second kappa shape index (κ2) is 6.15. The highest BCUT2D eigenvalue weighted by molar-refractivity contribution is 7.90. The summed E-state index contributed by atoms with van der Waals surface area (Å²) in [7, 11) is -3.53. The molecular weight excluding hydrogens is 256 g/mol. The summed E-state index contributed by atoms with van der Waals surface area (Å²) in [4.78, 5) is 1.02. The summed E-state index contributed by atoms with van der Waals surface area (Å²) in [6, 6.07) is 3.80. The zero-order valence-electron chi connectivity index (χ0n) is 9.93. The standard InChI is InChI=1S/C11H16N2O2S2/c1-3-9-5-6-16-11(9)8-13-17(14,15)10(4-2)7-12/h5-6,10,13H,3-4,8H2,1-2H3. The molecule has 0 radical (unpaired) electrons. The van der Waals surface area contributed by atoms with E-state index in [1.807, 2.05) is 18.4 Å². The average molecular weight is 272 g/mol. The van der Waals surface area contributed by atoms with Crippen LogP contribution in [0, 0.1) is 11.3 Å². The minimum absolute atomic E-state index is 0.279. The van der Waals surface area contributed by atoms with Gasteiger partial charge in [-0.1, -0.05) is 13.8 Å². The smallest absolute Gasteiger partial charge is 0.211 e. The monoisotopic (exact) mass is 272 g/mol. The van der Waals surface area contributed by atoms with Crippen molar-refractivity contribution in [3.05, 3.63) is 21.9 Å². The predicted molar refractivity (Wildman–Crippen MR) is 69.1 cm³/mol. The van der Waals surface area contributed by atoms with E-state index < -0.39 is 15.3 Å². The first kappa shape index (κ1) is 14.2.